The van der Waals surface area contributed by atoms with Crippen molar-refractivity contribution in [3.63, 3.8) is 0 Å². The van der Waals surface area contributed by atoms with Crippen LogP contribution in [-0.2, 0) is 0 Å². The van der Waals surface area contributed by atoms with E-state index in [9.17, 15) is 15.3 Å². The van der Waals surface area contributed by atoms with Crippen LogP contribution in [0.3, 0.4) is 0 Å². The minimum Gasteiger partial charge on any atom is -0.396 e. The zero-order valence-corrected chi connectivity index (χ0v) is 6.46. The van der Waals surface area contributed by atoms with Crippen LogP contribution in [0.4, 0.5) is 0 Å². The average Bonchev–Trinajstić information content (AvgIpc) is 2.50. The first kappa shape index (κ1) is 8.40. The second kappa shape index (κ2) is 2.18. The van der Waals surface area contributed by atoms with Gasteiger partial charge in [0, 0.05) is 24.5 Å². The molecule has 0 saturated heterocycles. The maximum atomic E-state index is 9.63. The second-order valence-electron chi connectivity index (χ2n) is 3.72. The van der Waals surface area contributed by atoms with Crippen LogP contribution in [0.1, 0.15) is 0 Å². The summed E-state index contributed by atoms with van der Waals surface area (Å²) in [7, 11) is 0. The summed E-state index contributed by atoms with van der Waals surface area (Å²) < 4.78 is 0. The van der Waals surface area contributed by atoms with Gasteiger partial charge in [0.2, 0.25) is 0 Å². The molecule has 2 fully saturated rings. The van der Waals surface area contributed by atoms with E-state index in [4.69, 9.17) is 10.8 Å². The van der Waals surface area contributed by atoms with Crippen LogP contribution in [0, 0.1) is 11.8 Å². The molecule has 0 aromatic rings. The fourth-order valence-electron chi connectivity index (χ4n) is 2.39. The van der Waals surface area contributed by atoms with Crippen molar-refractivity contribution in [2.45, 2.75) is 23.9 Å². The highest BCUT2D eigenvalue weighted by molar-refractivity contribution is 5.29. The van der Waals surface area contributed by atoms with Crippen molar-refractivity contribution in [2.75, 3.05) is 6.61 Å². The predicted molar refractivity (Wildman–Crippen MR) is 39.0 cm³/mol. The molecule has 5 nitrogen and oxygen atoms in total. The second-order valence-corrected chi connectivity index (χ2v) is 3.72. The number of aliphatic hydroxyl groups excluding tert-OH is 3. The minimum atomic E-state index is -1.35. The molecule has 2 aliphatic carbocycles. The number of hydrogen-bond acceptors (Lipinski definition) is 5. The van der Waals surface area contributed by atoms with Crippen molar-refractivity contribution in [3.05, 3.63) is 0 Å². The van der Waals surface area contributed by atoms with Gasteiger partial charge in [0.05, 0.1) is 6.10 Å². The van der Waals surface area contributed by atoms with Crippen molar-refractivity contribution >= 4 is 0 Å². The molecule has 2 saturated carbocycles. The molecule has 12 heavy (non-hydrogen) atoms. The van der Waals surface area contributed by atoms with Gasteiger partial charge in [-0.15, -0.1) is 0 Å². The Morgan fingerprint density at radius 2 is 1.92 bits per heavy atom. The molecule has 0 aromatic heterocycles. The molecule has 5 heteroatoms. The topological polar surface area (TPSA) is 107 Å². The van der Waals surface area contributed by atoms with Crippen LogP contribution in [0.5, 0.6) is 0 Å². The Labute approximate surface area is 69.4 Å². The van der Waals surface area contributed by atoms with E-state index in [0.717, 1.165) is 0 Å². The van der Waals surface area contributed by atoms with Crippen LogP contribution in [0.2, 0.25) is 0 Å². The van der Waals surface area contributed by atoms with Gasteiger partial charge in [-0.05, 0) is 0 Å². The number of rotatable bonds is 1. The lowest BCUT2D eigenvalue weighted by atomic mass is 9.99. The molecule has 6 atom stereocenters. The fourth-order valence-corrected chi connectivity index (χ4v) is 2.39. The van der Waals surface area contributed by atoms with E-state index in [2.05, 4.69) is 0 Å². The largest absolute Gasteiger partial charge is 0.396 e. The van der Waals surface area contributed by atoms with E-state index >= 15 is 0 Å². The first-order valence-corrected chi connectivity index (χ1v) is 4.00. The molecular weight excluding hydrogens is 162 g/mol. The van der Waals surface area contributed by atoms with Gasteiger partial charge in [-0.3, -0.25) is 0 Å². The smallest absolute Gasteiger partial charge is 0.113 e. The van der Waals surface area contributed by atoms with Gasteiger partial charge in [-0.25, -0.2) is 0 Å². The summed E-state index contributed by atoms with van der Waals surface area (Å²) in [5.41, 5.74) is 4.14. The molecule has 0 aliphatic heterocycles. The Hall–Kier alpha value is -0.200. The third-order valence-corrected chi connectivity index (χ3v) is 3.25. The highest BCUT2D eigenvalue weighted by Crippen LogP contribution is 2.57. The normalized spacial score (nSPS) is 63.2. The van der Waals surface area contributed by atoms with Gasteiger partial charge < -0.3 is 26.2 Å². The summed E-state index contributed by atoms with van der Waals surface area (Å²) in [6.45, 7) is -0.251. The van der Waals surface area contributed by atoms with Crippen molar-refractivity contribution in [3.8, 4) is 0 Å². The summed E-state index contributed by atoms with van der Waals surface area (Å²) in [5, 5.41) is 37.1. The molecule has 0 aromatic carbocycles. The van der Waals surface area contributed by atoms with E-state index in [1.54, 1.807) is 0 Å². The van der Waals surface area contributed by atoms with E-state index in [1.165, 1.54) is 0 Å². The lowest BCUT2D eigenvalue weighted by Crippen LogP contribution is -2.43. The zero-order chi connectivity index (χ0) is 9.09. The number of nitrogens with two attached hydrogens (primary N) is 1. The fraction of sp³-hybridized carbons (Fsp3) is 1.00. The van der Waals surface area contributed by atoms with Gasteiger partial charge in [0.1, 0.15) is 11.7 Å². The van der Waals surface area contributed by atoms with Gasteiger partial charge in [-0.1, -0.05) is 0 Å². The molecule has 0 heterocycles. The third kappa shape index (κ3) is 0.664. The van der Waals surface area contributed by atoms with Crippen LogP contribution in [0.15, 0.2) is 0 Å². The summed E-state index contributed by atoms with van der Waals surface area (Å²) in [6.07, 6.45) is -2.26. The molecule has 0 radical (unpaired) electrons. The molecule has 70 valence electrons. The quantitative estimate of drug-likeness (QED) is 0.292. The van der Waals surface area contributed by atoms with E-state index in [0.29, 0.717) is 0 Å². The molecule has 2 aliphatic rings. The Morgan fingerprint density at radius 3 is 2.25 bits per heavy atom. The maximum Gasteiger partial charge on any atom is 0.113 e. The highest BCUT2D eigenvalue weighted by Gasteiger charge is 2.76. The summed E-state index contributed by atoms with van der Waals surface area (Å²) in [6, 6.07) is -0.506. The Bertz CT molecular complexity index is 212. The average molecular weight is 175 g/mol. The molecule has 0 bridgehead atoms. The number of aliphatic hydroxyl groups is 4. The van der Waals surface area contributed by atoms with Gasteiger partial charge in [0.15, 0.2) is 0 Å². The summed E-state index contributed by atoms with van der Waals surface area (Å²) in [5.74, 6) is -0.840. The molecule has 0 spiro atoms. The minimum absolute atomic E-state index is 0.251. The van der Waals surface area contributed by atoms with E-state index in [1.807, 2.05) is 0 Å². The number of hydrogen-bond donors (Lipinski definition) is 5. The lowest BCUT2D eigenvalue weighted by Gasteiger charge is -2.21. The lowest BCUT2D eigenvalue weighted by molar-refractivity contribution is -0.0645. The van der Waals surface area contributed by atoms with Gasteiger partial charge in [0.25, 0.3) is 0 Å². The van der Waals surface area contributed by atoms with Crippen LogP contribution in [0.25, 0.3) is 0 Å². The van der Waals surface area contributed by atoms with Crippen molar-refractivity contribution in [1.29, 1.82) is 0 Å². The summed E-state index contributed by atoms with van der Waals surface area (Å²) >= 11 is 0. The molecule has 0 amide bonds. The molecule has 6 N–H and O–H groups in total. The Kier molecular flexibility index (Phi) is 1.53. The first-order valence-electron chi connectivity index (χ1n) is 4.00. The zero-order valence-electron chi connectivity index (χ0n) is 6.46. The predicted octanol–water partition coefficient (Wildman–Crippen LogP) is -2.98. The van der Waals surface area contributed by atoms with E-state index in [-0.39, 0.29) is 12.5 Å². The Morgan fingerprint density at radius 1 is 1.33 bits per heavy atom. The van der Waals surface area contributed by atoms with Crippen molar-refractivity contribution in [2.24, 2.45) is 17.6 Å². The van der Waals surface area contributed by atoms with Crippen molar-refractivity contribution in [1.82, 2.24) is 0 Å². The molecular formula is C7H13NO4. The van der Waals surface area contributed by atoms with Crippen LogP contribution < -0.4 is 5.73 Å². The molecule has 2 rings (SSSR count). The standard InChI is InChI=1S/C7H13NO4/c8-5-3-2(1-9)4(10)6(11)7(3,5)12/h2-6,9-12H,1,8H2/t2-,3?,4+,5-,6-,7-/m0/s1. The summed E-state index contributed by atoms with van der Waals surface area (Å²) in [4.78, 5) is 0. The SMILES string of the molecule is N[C@H]1C2[C@H](CO)[C@@H](O)[C@H](O)[C@]21O. The van der Waals surface area contributed by atoms with Gasteiger partial charge >= 0.3 is 0 Å². The van der Waals surface area contributed by atoms with Crippen molar-refractivity contribution < 1.29 is 20.4 Å². The maximum absolute atomic E-state index is 9.63. The van der Waals surface area contributed by atoms with Crippen LogP contribution in [-0.4, -0.2) is 50.9 Å². The first-order chi connectivity index (χ1) is 5.55. The Balaban J connectivity index is 2.23. The number of fused-ring (bicyclic) bond motifs is 1. The third-order valence-electron chi connectivity index (χ3n) is 3.25. The monoisotopic (exact) mass is 175 g/mol. The molecule has 1 unspecified atom stereocenters. The highest BCUT2D eigenvalue weighted by atomic mass is 16.4. The van der Waals surface area contributed by atoms with Gasteiger partial charge in [-0.2, -0.15) is 0 Å². The van der Waals surface area contributed by atoms with E-state index < -0.39 is 29.8 Å². The van der Waals surface area contributed by atoms with Crippen LogP contribution >= 0.6 is 0 Å².